The first-order valence-corrected chi connectivity index (χ1v) is 5.84. The largest absolute Gasteiger partial charge is 0.444 e. The lowest BCUT2D eigenvalue weighted by molar-refractivity contribution is 0.0291. The molecule has 5 heteroatoms. The van der Waals surface area contributed by atoms with Gasteiger partial charge in [0.15, 0.2) is 0 Å². The third-order valence-electron chi connectivity index (χ3n) is 2.70. The first kappa shape index (κ1) is 12.0. The van der Waals surface area contributed by atoms with Crippen molar-refractivity contribution in [1.82, 2.24) is 10.1 Å². The average molecular weight is 238 g/mol. The minimum absolute atomic E-state index is 0.241. The Labute approximate surface area is 101 Å². The van der Waals surface area contributed by atoms with Crippen LogP contribution in [0.5, 0.6) is 0 Å². The van der Waals surface area contributed by atoms with E-state index >= 15 is 0 Å². The fraction of sp³-hybridized carbons (Fsp3) is 0.667. The van der Waals surface area contributed by atoms with E-state index in [0.717, 1.165) is 12.2 Å². The predicted octanol–water partition coefficient (Wildman–Crippen LogP) is 2.40. The van der Waals surface area contributed by atoms with Crippen LogP contribution in [0.2, 0.25) is 0 Å². The predicted molar refractivity (Wildman–Crippen MR) is 61.7 cm³/mol. The van der Waals surface area contributed by atoms with E-state index in [0.29, 0.717) is 13.1 Å². The van der Waals surface area contributed by atoms with Crippen molar-refractivity contribution in [2.45, 2.75) is 38.7 Å². The van der Waals surface area contributed by atoms with Crippen LogP contribution in [-0.4, -0.2) is 34.8 Å². The molecule has 1 fully saturated rings. The topological polar surface area (TPSA) is 55.6 Å². The zero-order valence-electron chi connectivity index (χ0n) is 10.5. The molecule has 0 radical (unpaired) electrons. The summed E-state index contributed by atoms with van der Waals surface area (Å²) in [7, 11) is 0. The van der Waals surface area contributed by atoms with Crippen LogP contribution in [0.15, 0.2) is 16.8 Å². The van der Waals surface area contributed by atoms with E-state index in [1.165, 1.54) is 0 Å². The van der Waals surface area contributed by atoms with Crippen molar-refractivity contribution in [2.24, 2.45) is 0 Å². The van der Waals surface area contributed by atoms with Gasteiger partial charge < -0.3 is 14.2 Å². The number of rotatable bonds is 1. The van der Waals surface area contributed by atoms with E-state index in [1.54, 1.807) is 11.1 Å². The van der Waals surface area contributed by atoms with Crippen LogP contribution >= 0.6 is 0 Å². The maximum atomic E-state index is 11.8. The number of hydrogen-bond donors (Lipinski definition) is 0. The average Bonchev–Trinajstić information content (AvgIpc) is 2.86. The van der Waals surface area contributed by atoms with Crippen LogP contribution in [0.1, 0.15) is 38.9 Å². The normalized spacial score (nSPS) is 20.6. The van der Waals surface area contributed by atoms with E-state index in [1.807, 2.05) is 26.8 Å². The Hall–Kier alpha value is -1.52. The molecule has 2 heterocycles. The molecule has 17 heavy (non-hydrogen) atoms. The van der Waals surface area contributed by atoms with Gasteiger partial charge in [-0.2, -0.15) is 0 Å². The monoisotopic (exact) mass is 238 g/mol. The fourth-order valence-corrected chi connectivity index (χ4v) is 1.92. The maximum Gasteiger partial charge on any atom is 0.410 e. The molecule has 0 unspecified atom stereocenters. The van der Waals surface area contributed by atoms with Crippen LogP contribution in [0.4, 0.5) is 4.79 Å². The van der Waals surface area contributed by atoms with Gasteiger partial charge in [0.05, 0.1) is 6.20 Å². The second-order valence-corrected chi connectivity index (χ2v) is 5.33. The van der Waals surface area contributed by atoms with Crippen LogP contribution in [-0.2, 0) is 4.74 Å². The SMILES string of the molecule is CC(C)(C)OC(=O)N1CC[C@@H](c2ccno2)C1. The number of aromatic nitrogens is 1. The molecule has 1 amide bonds. The zero-order chi connectivity index (χ0) is 12.5. The minimum Gasteiger partial charge on any atom is -0.444 e. The molecule has 0 saturated carbocycles. The van der Waals surface area contributed by atoms with Crippen LogP contribution in [0.25, 0.3) is 0 Å². The summed E-state index contributed by atoms with van der Waals surface area (Å²) < 4.78 is 10.4. The van der Waals surface area contributed by atoms with Crippen molar-refractivity contribution in [3.05, 3.63) is 18.0 Å². The summed E-state index contributed by atoms with van der Waals surface area (Å²) in [4.78, 5) is 13.6. The number of nitrogens with zero attached hydrogens (tertiary/aromatic N) is 2. The van der Waals surface area contributed by atoms with E-state index in [-0.39, 0.29) is 12.0 Å². The lowest BCUT2D eigenvalue weighted by atomic mass is 10.1. The van der Waals surface area contributed by atoms with Gasteiger partial charge in [-0.15, -0.1) is 0 Å². The van der Waals surface area contributed by atoms with Gasteiger partial charge >= 0.3 is 6.09 Å². The lowest BCUT2D eigenvalue weighted by Gasteiger charge is -2.24. The Balaban J connectivity index is 1.92. The van der Waals surface area contributed by atoms with Crippen LogP contribution in [0.3, 0.4) is 0 Å². The Kier molecular flexibility index (Phi) is 3.09. The number of hydrogen-bond acceptors (Lipinski definition) is 4. The molecule has 1 aliphatic heterocycles. The summed E-state index contributed by atoms with van der Waals surface area (Å²) in [6.45, 7) is 6.96. The summed E-state index contributed by atoms with van der Waals surface area (Å²) in [6.07, 6.45) is 2.28. The molecule has 0 aromatic carbocycles. The van der Waals surface area contributed by atoms with Gasteiger partial charge in [-0.05, 0) is 27.2 Å². The van der Waals surface area contributed by atoms with E-state index in [2.05, 4.69) is 5.16 Å². The third-order valence-corrected chi connectivity index (χ3v) is 2.70. The van der Waals surface area contributed by atoms with Crippen molar-refractivity contribution < 1.29 is 14.1 Å². The van der Waals surface area contributed by atoms with Crippen molar-refractivity contribution in [3.8, 4) is 0 Å². The maximum absolute atomic E-state index is 11.8. The van der Waals surface area contributed by atoms with Crippen molar-refractivity contribution in [1.29, 1.82) is 0 Å². The minimum atomic E-state index is -0.443. The Morgan fingerprint density at radius 2 is 2.35 bits per heavy atom. The molecule has 0 bridgehead atoms. The molecular weight excluding hydrogens is 220 g/mol. The Morgan fingerprint density at radius 1 is 1.59 bits per heavy atom. The molecule has 0 spiro atoms. The number of carbonyl (C=O) groups excluding carboxylic acids is 1. The lowest BCUT2D eigenvalue weighted by Crippen LogP contribution is -2.35. The number of ether oxygens (including phenoxy) is 1. The zero-order valence-corrected chi connectivity index (χ0v) is 10.5. The van der Waals surface area contributed by atoms with Gasteiger partial charge in [-0.3, -0.25) is 0 Å². The molecule has 0 aliphatic carbocycles. The van der Waals surface area contributed by atoms with Gasteiger partial charge in [0.1, 0.15) is 11.4 Å². The highest BCUT2D eigenvalue weighted by Gasteiger charge is 2.31. The highest BCUT2D eigenvalue weighted by molar-refractivity contribution is 5.68. The first-order chi connectivity index (χ1) is 7.96. The summed E-state index contributed by atoms with van der Waals surface area (Å²) in [6, 6.07) is 1.85. The summed E-state index contributed by atoms with van der Waals surface area (Å²) in [5, 5.41) is 3.69. The molecule has 2 rings (SSSR count). The van der Waals surface area contributed by atoms with Gasteiger partial charge in [0.25, 0.3) is 0 Å². The molecule has 1 saturated heterocycles. The number of carbonyl (C=O) groups is 1. The Morgan fingerprint density at radius 3 is 2.94 bits per heavy atom. The molecule has 94 valence electrons. The smallest absolute Gasteiger partial charge is 0.410 e. The summed E-state index contributed by atoms with van der Waals surface area (Å²) >= 11 is 0. The Bertz CT molecular complexity index is 381. The highest BCUT2D eigenvalue weighted by Crippen LogP contribution is 2.27. The van der Waals surface area contributed by atoms with Crippen molar-refractivity contribution in [3.63, 3.8) is 0 Å². The van der Waals surface area contributed by atoms with E-state index in [9.17, 15) is 4.79 Å². The molecule has 1 aromatic heterocycles. The first-order valence-electron chi connectivity index (χ1n) is 5.84. The molecular formula is C12H18N2O3. The van der Waals surface area contributed by atoms with E-state index in [4.69, 9.17) is 9.26 Å². The summed E-state index contributed by atoms with van der Waals surface area (Å²) in [5.41, 5.74) is -0.443. The number of amides is 1. The van der Waals surface area contributed by atoms with Crippen molar-refractivity contribution in [2.75, 3.05) is 13.1 Å². The van der Waals surface area contributed by atoms with Crippen LogP contribution < -0.4 is 0 Å². The molecule has 5 nitrogen and oxygen atoms in total. The third kappa shape index (κ3) is 2.99. The van der Waals surface area contributed by atoms with Gasteiger partial charge in [0.2, 0.25) is 0 Å². The second-order valence-electron chi connectivity index (χ2n) is 5.33. The molecule has 1 atom stereocenters. The molecule has 0 N–H and O–H groups in total. The molecule has 1 aliphatic rings. The second kappa shape index (κ2) is 4.39. The highest BCUT2D eigenvalue weighted by atomic mass is 16.6. The fourth-order valence-electron chi connectivity index (χ4n) is 1.92. The standard InChI is InChI=1S/C12H18N2O3/c1-12(2,3)16-11(15)14-7-5-9(8-14)10-4-6-13-17-10/h4,6,9H,5,7-8H2,1-3H3/t9-/m1/s1. The summed E-state index contributed by atoms with van der Waals surface area (Å²) in [5.74, 6) is 1.08. The van der Waals surface area contributed by atoms with Gasteiger partial charge in [0, 0.05) is 25.1 Å². The van der Waals surface area contributed by atoms with Crippen LogP contribution in [0, 0.1) is 0 Å². The van der Waals surface area contributed by atoms with Gasteiger partial charge in [-0.1, -0.05) is 5.16 Å². The molecule has 1 aromatic rings. The van der Waals surface area contributed by atoms with Gasteiger partial charge in [-0.25, -0.2) is 4.79 Å². The van der Waals surface area contributed by atoms with Crippen molar-refractivity contribution >= 4 is 6.09 Å². The number of likely N-dealkylation sites (tertiary alicyclic amines) is 1. The quantitative estimate of drug-likeness (QED) is 0.753. The van der Waals surface area contributed by atoms with E-state index < -0.39 is 5.60 Å².